The maximum absolute atomic E-state index is 12.2. The largest absolute Gasteiger partial charge is 0.378 e. The van der Waals surface area contributed by atoms with E-state index >= 15 is 0 Å². The Kier molecular flexibility index (Phi) is 7.24. The molecule has 124 valence electrons. The number of halogens is 1. The minimum Gasteiger partial charge on any atom is -0.378 e. The average Bonchev–Trinajstić information content (AvgIpc) is 2.53. The van der Waals surface area contributed by atoms with E-state index in [-0.39, 0.29) is 36.3 Å². The summed E-state index contributed by atoms with van der Waals surface area (Å²) in [6.45, 7) is 2.57. The topological polar surface area (TPSA) is 102 Å². The molecular formula is C13H20ClN3O4S. The molecule has 1 heterocycles. The molecule has 1 saturated heterocycles. The fourth-order valence-electron chi connectivity index (χ4n) is 2.00. The second-order valence-electron chi connectivity index (χ2n) is 4.62. The van der Waals surface area contributed by atoms with Gasteiger partial charge in [0.1, 0.15) is 0 Å². The minimum atomic E-state index is -3.56. The first kappa shape index (κ1) is 18.9. The molecule has 2 rings (SSSR count). The smallest absolute Gasteiger partial charge is 0.254 e. The van der Waals surface area contributed by atoms with Crippen LogP contribution in [0.4, 0.5) is 0 Å². The van der Waals surface area contributed by atoms with Crippen molar-refractivity contribution in [3.63, 3.8) is 0 Å². The van der Waals surface area contributed by atoms with E-state index in [0.29, 0.717) is 31.9 Å². The molecule has 0 atom stereocenters. The molecule has 1 fully saturated rings. The summed E-state index contributed by atoms with van der Waals surface area (Å²) in [5.74, 6) is -0.114. The van der Waals surface area contributed by atoms with Gasteiger partial charge in [-0.15, -0.1) is 12.4 Å². The van der Waals surface area contributed by atoms with Crippen molar-refractivity contribution in [2.45, 2.75) is 4.90 Å². The lowest BCUT2D eigenvalue weighted by Crippen LogP contribution is -2.40. The van der Waals surface area contributed by atoms with E-state index < -0.39 is 10.0 Å². The second kappa shape index (κ2) is 8.44. The number of nitrogens with zero attached hydrogens (tertiary/aromatic N) is 1. The van der Waals surface area contributed by atoms with Gasteiger partial charge in [-0.2, -0.15) is 0 Å². The number of nitrogens with two attached hydrogens (primary N) is 1. The minimum absolute atomic E-state index is 0. The van der Waals surface area contributed by atoms with Crippen LogP contribution in [0.15, 0.2) is 29.2 Å². The lowest BCUT2D eigenvalue weighted by atomic mass is 10.2. The summed E-state index contributed by atoms with van der Waals surface area (Å²) < 4.78 is 31.4. The van der Waals surface area contributed by atoms with Gasteiger partial charge < -0.3 is 15.4 Å². The third kappa shape index (κ3) is 4.65. The molecule has 0 radical (unpaired) electrons. The highest BCUT2D eigenvalue weighted by atomic mass is 35.5. The van der Waals surface area contributed by atoms with E-state index in [1.54, 1.807) is 4.90 Å². The van der Waals surface area contributed by atoms with E-state index in [4.69, 9.17) is 10.5 Å². The lowest BCUT2D eigenvalue weighted by Gasteiger charge is -2.26. The number of carbonyl (C=O) groups excluding carboxylic acids is 1. The normalized spacial score (nSPS) is 15.2. The van der Waals surface area contributed by atoms with Gasteiger partial charge in [-0.05, 0) is 24.3 Å². The molecule has 1 aliphatic rings. The third-order valence-electron chi connectivity index (χ3n) is 3.15. The standard InChI is InChI=1S/C13H19N3O4S.ClH/c14-5-6-15-21(18,19)12-3-1-11(2-4-12)13(17)16-7-9-20-10-8-16;/h1-4,15H,5-10,14H2;1H. The Labute approximate surface area is 136 Å². The van der Waals surface area contributed by atoms with Crippen LogP contribution in [0.25, 0.3) is 0 Å². The second-order valence-corrected chi connectivity index (χ2v) is 6.38. The van der Waals surface area contributed by atoms with Gasteiger partial charge in [0, 0.05) is 31.7 Å². The van der Waals surface area contributed by atoms with Crippen LogP contribution in [-0.2, 0) is 14.8 Å². The van der Waals surface area contributed by atoms with Crippen molar-refractivity contribution in [2.24, 2.45) is 5.73 Å². The van der Waals surface area contributed by atoms with E-state index in [1.807, 2.05) is 0 Å². The predicted octanol–water partition coefficient (Wildman–Crippen LogP) is -0.182. The Balaban J connectivity index is 0.00000242. The maximum Gasteiger partial charge on any atom is 0.254 e. The molecule has 0 saturated carbocycles. The zero-order valence-electron chi connectivity index (χ0n) is 12.0. The first-order valence-electron chi connectivity index (χ1n) is 6.71. The first-order chi connectivity index (χ1) is 10.0. The fraction of sp³-hybridized carbons (Fsp3) is 0.462. The molecule has 1 aliphatic heterocycles. The van der Waals surface area contributed by atoms with Crippen LogP contribution in [0.3, 0.4) is 0 Å². The highest BCUT2D eigenvalue weighted by Gasteiger charge is 2.19. The number of benzene rings is 1. The van der Waals surface area contributed by atoms with E-state index in [9.17, 15) is 13.2 Å². The van der Waals surface area contributed by atoms with Gasteiger partial charge in [0.2, 0.25) is 10.0 Å². The van der Waals surface area contributed by atoms with Crippen molar-refractivity contribution in [1.82, 2.24) is 9.62 Å². The van der Waals surface area contributed by atoms with Crippen LogP contribution in [0.1, 0.15) is 10.4 Å². The number of nitrogens with one attached hydrogen (secondary N) is 1. The van der Waals surface area contributed by atoms with Gasteiger partial charge in [0.25, 0.3) is 5.91 Å². The van der Waals surface area contributed by atoms with Crippen LogP contribution in [0.2, 0.25) is 0 Å². The van der Waals surface area contributed by atoms with Gasteiger partial charge >= 0.3 is 0 Å². The Hall–Kier alpha value is -1.19. The summed E-state index contributed by atoms with van der Waals surface area (Å²) in [7, 11) is -3.56. The van der Waals surface area contributed by atoms with Crippen LogP contribution >= 0.6 is 12.4 Å². The number of ether oxygens (including phenoxy) is 1. The highest BCUT2D eigenvalue weighted by Crippen LogP contribution is 2.13. The quantitative estimate of drug-likeness (QED) is 0.767. The summed E-state index contributed by atoms with van der Waals surface area (Å²) in [6.07, 6.45) is 0. The Morgan fingerprint density at radius 3 is 2.36 bits per heavy atom. The Morgan fingerprint density at radius 1 is 1.23 bits per heavy atom. The number of amides is 1. The molecule has 0 bridgehead atoms. The molecule has 9 heteroatoms. The molecule has 7 nitrogen and oxygen atoms in total. The molecule has 0 unspecified atom stereocenters. The number of morpholine rings is 1. The Morgan fingerprint density at radius 2 is 1.82 bits per heavy atom. The number of rotatable bonds is 5. The van der Waals surface area contributed by atoms with E-state index in [1.165, 1.54) is 24.3 Å². The highest BCUT2D eigenvalue weighted by molar-refractivity contribution is 7.89. The number of hydrogen-bond donors (Lipinski definition) is 2. The summed E-state index contributed by atoms with van der Waals surface area (Å²) in [5.41, 5.74) is 5.74. The van der Waals surface area contributed by atoms with Crippen molar-refractivity contribution in [1.29, 1.82) is 0 Å². The molecule has 22 heavy (non-hydrogen) atoms. The van der Waals surface area contributed by atoms with Crippen molar-refractivity contribution < 1.29 is 17.9 Å². The predicted molar refractivity (Wildman–Crippen MR) is 84.7 cm³/mol. The zero-order valence-corrected chi connectivity index (χ0v) is 13.7. The van der Waals surface area contributed by atoms with E-state index in [2.05, 4.69) is 4.72 Å². The van der Waals surface area contributed by atoms with Gasteiger partial charge in [0.05, 0.1) is 18.1 Å². The van der Waals surface area contributed by atoms with Gasteiger partial charge in [-0.3, -0.25) is 4.79 Å². The number of hydrogen-bond acceptors (Lipinski definition) is 5. The van der Waals surface area contributed by atoms with Gasteiger partial charge in [-0.1, -0.05) is 0 Å². The van der Waals surface area contributed by atoms with Crippen LogP contribution in [0, 0.1) is 0 Å². The van der Waals surface area contributed by atoms with Crippen molar-refractivity contribution in [2.75, 3.05) is 39.4 Å². The van der Waals surface area contributed by atoms with Crippen molar-refractivity contribution in [3.8, 4) is 0 Å². The third-order valence-corrected chi connectivity index (χ3v) is 4.62. The summed E-state index contributed by atoms with van der Waals surface area (Å²) >= 11 is 0. The molecule has 0 aliphatic carbocycles. The summed E-state index contributed by atoms with van der Waals surface area (Å²) in [5, 5.41) is 0. The number of carbonyl (C=O) groups is 1. The molecule has 0 aromatic heterocycles. The van der Waals surface area contributed by atoms with Crippen LogP contribution in [0.5, 0.6) is 0 Å². The van der Waals surface area contributed by atoms with Gasteiger partial charge in [-0.25, -0.2) is 13.1 Å². The molecule has 0 spiro atoms. The molecule has 1 aromatic rings. The summed E-state index contributed by atoms with van der Waals surface area (Å²) in [4.78, 5) is 14.0. The van der Waals surface area contributed by atoms with E-state index in [0.717, 1.165) is 0 Å². The molecular weight excluding hydrogens is 330 g/mol. The summed E-state index contributed by atoms with van der Waals surface area (Å²) in [6, 6.07) is 5.89. The SMILES string of the molecule is Cl.NCCNS(=O)(=O)c1ccc(C(=O)N2CCOCC2)cc1. The monoisotopic (exact) mass is 349 g/mol. The maximum atomic E-state index is 12.2. The fourth-order valence-corrected chi connectivity index (χ4v) is 3.05. The van der Waals surface area contributed by atoms with Crippen molar-refractivity contribution in [3.05, 3.63) is 29.8 Å². The molecule has 3 N–H and O–H groups in total. The zero-order chi connectivity index (χ0) is 15.3. The lowest BCUT2D eigenvalue weighted by molar-refractivity contribution is 0.0303. The average molecular weight is 350 g/mol. The van der Waals surface area contributed by atoms with Gasteiger partial charge in [0.15, 0.2) is 0 Å². The first-order valence-corrected chi connectivity index (χ1v) is 8.20. The number of sulfonamides is 1. The van der Waals surface area contributed by atoms with Crippen LogP contribution < -0.4 is 10.5 Å². The molecule has 1 amide bonds. The van der Waals surface area contributed by atoms with Crippen LogP contribution in [-0.4, -0.2) is 58.6 Å². The van der Waals surface area contributed by atoms with Crippen molar-refractivity contribution >= 4 is 28.3 Å². The molecule has 1 aromatic carbocycles. The Bertz CT molecular complexity index is 586.